The lowest BCUT2D eigenvalue weighted by Crippen LogP contribution is -2.05. The predicted octanol–water partition coefficient (Wildman–Crippen LogP) is 3.17. The Balaban J connectivity index is 2.12. The molecule has 0 atom stereocenters. The van der Waals surface area contributed by atoms with Crippen LogP contribution in [0.1, 0.15) is 19.9 Å². The minimum absolute atomic E-state index is 0.285. The number of imidazole rings is 1. The summed E-state index contributed by atoms with van der Waals surface area (Å²) in [5, 5.41) is 0. The molecule has 3 aromatic rings. The van der Waals surface area contributed by atoms with Crippen molar-refractivity contribution < 1.29 is 0 Å². The predicted molar refractivity (Wildman–Crippen MR) is 83.5 cm³/mol. The molecule has 0 spiro atoms. The van der Waals surface area contributed by atoms with Gasteiger partial charge in [-0.1, -0.05) is 30.3 Å². The molecular weight excluding hydrogens is 262 g/mol. The number of rotatable bonds is 3. The minimum atomic E-state index is 0.285. The van der Waals surface area contributed by atoms with E-state index >= 15 is 0 Å². The second-order valence-corrected chi connectivity index (χ2v) is 5.15. The lowest BCUT2D eigenvalue weighted by atomic mass is 10.1. The molecule has 0 saturated heterocycles. The second-order valence-electron chi connectivity index (χ2n) is 5.15. The molecule has 0 radical (unpaired) electrons. The maximum Gasteiger partial charge on any atom is 0.180 e. The van der Waals surface area contributed by atoms with Gasteiger partial charge in [0.05, 0.1) is 18.2 Å². The molecule has 5 nitrogen and oxygen atoms in total. The molecule has 2 aromatic heterocycles. The normalized spacial score (nSPS) is 11.0. The molecule has 0 aliphatic rings. The van der Waals surface area contributed by atoms with Gasteiger partial charge in [0, 0.05) is 17.7 Å². The van der Waals surface area contributed by atoms with Crippen molar-refractivity contribution in [3.8, 4) is 22.8 Å². The number of nitrogens with zero attached hydrogens (tertiary/aromatic N) is 4. The summed E-state index contributed by atoms with van der Waals surface area (Å²) in [6.07, 6.45) is 3.55. The highest BCUT2D eigenvalue weighted by Crippen LogP contribution is 2.24. The summed E-state index contributed by atoms with van der Waals surface area (Å²) < 4.78 is 2.03. The van der Waals surface area contributed by atoms with Crippen molar-refractivity contribution in [3.63, 3.8) is 0 Å². The van der Waals surface area contributed by atoms with E-state index in [4.69, 9.17) is 5.73 Å². The first kappa shape index (κ1) is 13.3. The van der Waals surface area contributed by atoms with Gasteiger partial charge in [-0.3, -0.25) is 0 Å². The molecule has 0 fully saturated rings. The molecule has 1 aromatic carbocycles. The molecule has 0 unspecified atom stereocenters. The van der Waals surface area contributed by atoms with E-state index in [0.717, 1.165) is 17.0 Å². The molecule has 0 saturated carbocycles. The van der Waals surface area contributed by atoms with E-state index in [2.05, 4.69) is 28.8 Å². The number of hydrogen-bond acceptors (Lipinski definition) is 4. The Morgan fingerprint density at radius 1 is 1.10 bits per heavy atom. The van der Waals surface area contributed by atoms with Gasteiger partial charge >= 0.3 is 0 Å². The molecular formula is C16H17N5. The van der Waals surface area contributed by atoms with Crippen molar-refractivity contribution in [1.82, 2.24) is 19.5 Å². The maximum absolute atomic E-state index is 5.95. The van der Waals surface area contributed by atoms with E-state index in [1.54, 1.807) is 18.6 Å². The van der Waals surface area contributed by atoms with Gasteiger partial charge in [-0.15, -0.1) is 0 Å². The Kier molecular flexibility index (Phi) is 3.39. The zero-order chi connectivity index (χ0) is 14.8. The fourth-order valence-electron chi connectivity index (χ4n) is 2.23. The molecule has 5 heteroatoms. The van der Waals surface area contributed by atoms with Crippen LogP contribution in [0.15, 0.2) is 48.9 Å². The number of anilines is 1. The lowest BCUT2D eigenvalue weighted by molar-refractivity contribution is 0.603. The van der Waals surface area contributed by atoms with Gasteiger partial charge in [0.25, 0.3) is 0 Å². The fourth-order valence-corrected chi connectivity index (χ4v) is 2.23. The third-order valence-electron chi connectivity index (χ3n) is 3.27. The molecule has 0 bridgehead atoms. The van der Waals surface area contributed by atoms with E-state index in [-0.39, 0.29) is 6.04 Å². The van der Waals surface area contributed by atoms with Crippen LogP contribution in [0, 0.1) is 0 Å². The molecule has 2 heterocycles. The van der Waals surface area contributed by atoms with E-state index in [0.29, 0.717) is 11.6 Å². The van der Waals surface area contributed by atoms with Crippen molar-refractivity contribution in [2.75, 3.05) is 5.73 Å². The third kappa shape index (κ3) is 2.63. The van der Waals surface area contributed by atoms with Crippen molar-refractivity contribution in [2.24, 2.45) is 0 Å². The number of nitrogen functional groups attached to an aromatic ring is 1. The van der Waals surface area contributed by atoms with Crippen LogP contribution in [0.3, 0.4) is 0 Å². The first-order valence-corrected chi connectivity index (χ1v) is 6.87. The quantitative estimate of drug-likeness (QED) is 0.799. The summed E-state index contributed by atoms with van der Waals surface area (Å²) in [4.78, 5) is 13.2. The summed E-state index contributed by atoms with van der Waals surface area (Å²) >= 11 is 0. The van der Waals surface area contributed by atoms with Crippen molar-refractivity contribution in [1.29, 1.82) is 0 Å². The van der Waals surface area contributed by atoms with Gasteiger partial charge in [-0.2, -0.15) is 0 Å². The second kappa shape index (κ2) is 5.36. The van der Waals surface area contributed by atoms with Crippen LogP contribution in [-0.4, -0.2) is 19.5 Å². The number of aromatic nitrogens is 4. The number of benzene rings is 1. The van der Waals surface area contributed by atoms with Crippen LogP contribution >= 0.6 is 0 Å². The van der Waals surface area contributed by atoms with E-state index in [9.17, 15) is 0 Å². The van der Waals surface area contributed by atoms with Crippen molar-refractivity contribution in [2.45, 2.75) is 19.9 Å². The summed E-state index contributed by atoms with van der Waals surface area (Å²) in [6.45, 7) is 4.19. The number of nitrogens with two attached hydrogens (primary N) is 1. The first-order valence-electron chi connectivity index (χ1n) is 6.87. The van der Waals surface area contributed by atoms with Gasteiger partial charge in [-0.25, -0.2) is 15.0 Å². The van der Waals surface area contributed by atoms with Gasteiger partial charge in [0.2, 0.25) is 0 Å². The highest BCUT2D eigenvalue weighted by Gasteiger charge is 2.13. The van der Waals surface area contributed by atoms with Gasteiger partial charge in [-0.05, 0) is 13.8 Å². The largest absolute Gasteiger partial charge is 0.384 e. The van der Waals surface area contributed by atoms with Crippen LogP contribution in [-0.2, 0) is 0 Å². The van der Waals surface area contributed by atoms with Gasteiger partial charge in [0.15, 0.2) is 5.82 Å². The first-order chi connectivity index (χ1) is 10.1. The third-order valence-corrected chi connectivity index (χ3v) is 3.27. The average molecular weight is 279 g/mol. The molecule has 2 N–H and O–H groups in total. The summed E-state index contributed by atoms with van der Waals surface area (Å²) in [5.41, 5.74) is 8.65. The smallest absolute Gasteiger partial charge is 0.180 e. The van der Waals surface area contributed by atoms with E-state index in [1.807, 2.05) is 34.9 Å². The SMILES string of the molecule is CC(C)n1cncc1-c1nc(N)cc(-c2ccccc2)n1. The van der Waals surface area contributed by atoms with Crippen LogP contribution in [0.5, 0.6) is 0 Å². The molecule has 106 valence electrons. The van der Waals surface area contributed by atoms with Crippen LogP contribution in [0.25, 0.3) is 22.8 Å². The zero-order valence-corrected chi connectivity index (χ0v) is 12.1. The van der Waals surface area contributed by atoms with E-state index in [1.165, 1.54) is 0 Å². The Bertz CT molecular complexity index is 746. The molecule has 0 amide bonds. The van der Waals surface area contributed by atoms with Crippen LogP contribution in [0.4, 0.5) is 5.82 Å². The van der Waals surface area contributed by atoms with Crippen LogP contribution in [0.2, 0.25) is 0 Å². The zero-order valence-electron chi connectivity index (χ0n) is 12.1. The Hall–Kier alpha value is -2.69. The highest BCUT2D eigenvalue weighted by atomic mass is 15.1. The molecule has 3 rings (SSSR count). The highest BCUT2D eigenvalue weighted by molar-refractivity contribution is 5.65. The number of hydrogen-bond donors (Lipinski definition) is 1. The van der Waals surface area contributed by atoms with Gasteiger partial charge in [0.1, 0.15) is 11.5 Å². The Morgan fingerprint density at radius 2 is 1.86 bits per heavy atom. The van der Waals surface area contributed by atoms with Gasteiger partial charge < -0.3 is 10.3 Å². The summed E-state index contributed by atoms with van der Waals surface area (Å²) in [5.74, 6) is 1.05. The lowest BCUT2D eigenvalue weighted by Gasteiger charge is -2.12. The maximum atomic E-state index is 5.95. The van der Waals surface area contributed by atoms with Crippen molar-refractivity contribution in [3.05, 3.63) is 48.9 Å². The summed E-state index contributed by atoms with van der Waals surface area (Å²) in [7, 11) is 0. The monoisotopic (exact) mass is 279 g/mol. The summed E-state index contributed by atoms with van der Waals surface area (Å²) in [6, 6.07) is 12.0. The topological polar surface area (TPSA) is 69.6 Å². The average Bonchev–Trinajstić information content (AvgIpc) is 2.97. The molecule has 21 heavy (non-hydrogen) atoms. The fraction of sp³-hybridized carbons (Fsp3) is 0.188. The standard InChI is InChI=1S/C16H17N5/c1-11(2)21-10-18-9-14(21)16-19-13(8-15(17)20-16)12-6-4-3-5-7-12/h3-11H,1-2H3,(H2,17,19,20). The Morgan fingerprint density at radius 3 is 2.57 bits per heavy atom. The molecule has 0 aliphatic carbocycles. The molecule has 0 aliphatic heterocycles. The minimum Gasteiger partial charge on any atom is -0.384 e. The van der Waals surface area contributed by atoms with Crippen LogP contribution < -0.4 is 5.73 Å². The van der Waals surface area contributed by atoms with E-state index < -0.39 is 0 Å². The Labute approximate surface area is 123 Å². The van der Waals surface area contributed by atoms with Crippen molar-refractivity contribution >= 4 is 5.82 Å².